The van der Waals surface area contributed by atoms with Crippen molar-refractivity contribution in [3.8, 4) is 11.3 Å². The molecule has 0 saturated carbocycles. The van der Waals surface area contributed by atoms with Crippen LogP contribution in [0.3, 0.4) is 0 Å². The molecule has 0 unspecified atom stereocenters. The number of nitrogens with one attached hydrogen (secondary N) is 2. The lowest BCUT2D eigenvalue weighted by molar-refractivity contribution is -0.123. The molecule has 0 aliphatic heterocycles. The minimum atomic E-state index is -4.54. The van der Waals surface area contributed by atoms with Crippen LogP contribution >= 0.6 is 23.2 Å². The van der Waals surface area contributed by atoms with Crippen molar-refractivity contribution < 1.29 is 22.8 Å². The lowest BCUT2D eigenvalue weighted by Crippen LogP contribution is -2.33. The van der Waals surface area contributed by atoms with Gasteiger partial charge in [-0.15, -0.1) is 0 Å². The summed E-state index contributed by atoms with van der Waals surface area (Å²) in [6.07, 6.45) is -2.98. The van der Waals surface area contributed by atoms with E-state index in [0.717, 1.165) is 0 Å². The molecule has 0 fully saturated rings. The second-order valence-corrected chi connectivity index (χ2v) is 8.20. The van der Waals surface area contributed by atoms with Gasteiger partial charge < -0.3 is 10.6 Å². The van der Waals surface area contributed by atoms with E-state index in [2.05, 4.69) is 15.3 Å². The zero-order valence-electron chi connectivity index (χ0n) is 17.7. The predicted octanol–water partition coefficient (Wildman–Crippen LogP) is 6.15. The number of aromatic nitrogens is 2. The molecule has 4 rings (SSSR count). The Morgan fingerprint density at radius 2 is 1.54 bits per heavy atom. The normalized spacial score (nSPS) is 11.3. The van der Waals surface area contributed by atoms with E-state index in [-0.39, 0.29) is 21.8 Å². The smallest absolute Gasteiger partial charge is 0.343 e. The molecular formula is C24H15Cl2F3N4O2. The number of alkyl halides is 3. The van der Waals surface area contributed by atoms with E-state index in [1.807, 2.05) is 24.3 Å². The summed E-state index contributed by atoms with van der Waals surface area (Å²) >= 11 is 12.5. The fourth-order valence-electron chi connectivity index (χ4n) is 3.18. The highest BCUT2D eigenvalue weighted by Crippen LogP contribution is 2.29. The van der Waals surface area contributed by atoms with E-state index in [1.54, 1.807) is 23.6 Å². The summed E-state index contributed by atoms with van der Waals surface area (Å²) in [6, 6.07) is 15.7. The molecule has 3 aromatic carbocycles. The average molecular weight is 519 g/mol. The number of rotatable bonds is 5. The number of hydrogen-bond acceptors (Lipinski definition) is 4. The summed E-state index contributed by atoms with van der Waals surface area (Å²) in [5, 5.41) is 4.72. The van der Waals surface area contributed by atoms with Crippen LogP contribution in [0.15, 0.2) is 66.9 Å². The number of fused-ring (bicyclic) bond motifs is 1. The van der Waals surface area contributed by atoms with E-state index in [1.165, 1.54) is 24.3 Å². The number of hydrogen-bond donors (Lipinski definition) is 2. The largest absolute Gasteiger partial charge is 0.405 e. The third kappa shape index (κ3) is 5.87. The zero-order chi connectivity index (χ0) is 25.2. The van der Waals surface area contributed by atoms with Crippen molar-refractivity contribution in [2.24, 2.45) is 0 Å². The second-order valence-electron chi connectivity index (χ2n) is 7.39. The van der Waals surface area contributed by atoms with Crippen molar-refractivity contribution in [1.29, 1.82) is 0 Å². The molecule has 6 nitrogen and oxygen atoms in total. The maximum absolute atomic E-state index is 12.9. The first-order valence-electron chi connectivity index (χ1n) is 10.1. The van der Waals surface area contributed by atoms with Gasteiger partial charge in [0, 0.05) is 16.7 Å². The Morgan fingerprint density at radius 3 is 2.26 bits per heavy atom. The Kier molecular flexibility index (Phi) is 6.90. The van der Waals surface area contributed by atoms with Crippen LogP contribution in [-0.2, 0) is 0 Å². The number of carbonyl (C=O) groups is 2. The van der Waals surface area contributed by atoms with Crippen LogP contribution in [-0.4, -0.2) is 34.5 Å². The molecule has 0 spiro atoms. The molecule has 0 radical (unpaired) electrons. The number of benzene rings is 3. The van der Waals surface area contributed by atoms with E-state index in [0.29, 0.717) is 27.3 Å². The van der Waals surface area contributed by atoms with Crippen LogP contribution < -0.4 is 10.6 Å². The van der Waals surface area contributed by atoms with Crippen molar-refractivity contribution in [3.63, 3.8) is 0 Å². The second kappa shape index (κ2) is 9.89. The van der Waals surface area contributed by atoms with Crippen molar-refractivity contribution in [1.82, 2.24) is 15.3 Å². The third-order valence-electron chi connectivity index (χ3n) is 4.88. The maximum Gasteiger partial charge on any atom is 0.405 e. The predicted molar refractivity (Wildman–Crippen MR) is 128 cm³/mol. The number of nitrogens with zero attached hydrogens (tertiary/aromatic N) is 2. The van der Waals surface area contributed by atoms with E-state index in [4.69, 9.17) is 23.2 Å². The van der Waals surface area contributed by atoms with Gasteiger partial charge in [-0.25, -0.2) is 4.98 Å². The van der Waals surface area contributed by atoms with Crippen molar-refractivity contribution in [2.75, 3.05) is 11.9 Å². The van der Waals surface area contributed by atoms with Crippen LogP contribution in [0.5, 0.6) is 0 Å². The van der Waals surface area contributed by atoms with E-state index in [9.17, 15) is 22.8 Å². The molecule has 1 aromatic heterocycles. The summed E-state index contributed by atoms with van der Waals surface area (Å²) in [7, 11) is 0. The van der Waals surface area contributed by atoms with Gasteiger partial charge in [0.1, 0.15) is 6.54 Å². The summed E-state index contributed by atoms with van der Waals surface area (Å²) < 4.78 is 36.9. The molecule has 0 atom stereocenters. The number of anilines is 1. The summed E-state index contributed by atoms with van der Waals surface area (Å²) in [5.74, 6) is -1.46. The van der Waals surface area contributed by atoms with Crippen molar-refractivity contribution in [3.05, 3.63) is 88.0 Å². The quantitative estimate of drug-likeness (QED) is 0.332. The standard InChI is InChI=1S/C24H15Cl2F3N4O2/c25-16-7-5-13(9-15(16)21-11-30-19-3-1-2-4-20(19)32-21)23(35)33-18-8-6-14(10-17(18)26)22(34)31-12-24(27,28)29/h1-11H,12H2,(H,31,34)(H,33,35). The molecule has 0 bridgehead atoms. The van der Waals surface area contributed by atoms with Crippen molar-refractivity contribution in [2.45, 2.75) is 6.18 Å². The fourth-order valence-corrected chi connectivity index (χ4v) is 3.63. The maximum atomic E-state index is 12.9. The van der Waals surface area contributed by atoms with Crippen LogP contribution in [0.1, 0.15) is 20.7 Å². The number of carbonyl (C=O) groups excluding carboxylic acids is 2. The summed E-state index contributed by atoms with van der Waals surface area (Å²) in [5.41, 5.74) is 2.71. The number of amides is 2. The highest BCUT2D eigenvalue weighted by Gasteiger charge is 2.28. The summed E-state index contributed by atoms with van der Waals surface area (Å²) in [4.78, 5) is 33.7. The Bertz CT molecular complexity index is 1440. The molecule has 0 aliphatic rings. The highest BCUT2D eigenvalue weighted by molar-refractivity contribution is 6.34. The average Bonchev–Trinajstić information content (AvgIpc) is 2.83. The van der Waals surface area contributed by atoms with Gasteiger partial charge in [0.25, 0.3) is 11.8 Å². The van der Waals surface area contributed by atoms with Crippen LogP contribution in [0.25, 0.3) is 22.3 Å². The first-order chi connectivity index (χ1) is 16.6. The molecular weight excluding hydrogens is 504 g/mol. The van der Waals surface area contributed by atoms with Gasteiger partial charge in [-0.05, 0) is 48.5 Å². The van der Waals surface area contributed by atoms with Crippen LogP contribution in [0.2, 0.25) is 10.0 Å². The minimum absolute atomic E-state index is 0.0207. The van der Waals surface area contributed by atoms with Gasteiger partial charge in [0.2, 0.25) is 0 Å². The number of para-hydroxylation sites is 2. The monoisotopic (exact) mass is 518 g/mol. The van der Waals surface area contributed by atoms with Gasteiger partial charge in [-0.2, -0.15) is 13.2 Å². The van der Waals surface area contributed by atoms with E-state index >= 15 is 0 Å². The van der Waals surface area contributed by atoms with Crippen LogP contribution in [0, 0.1) is 0 Å². The summed E-state index contributed by atoms with van der Waals surface area (Å²) in [6.45, 7) is -1.47. The first kappa shape index (κ1) is 24.4. The van der Waals surface area contributed by atoms with Gasteiger partial charge in [0.05, 0.1) is 38.7 Å². The fraction of sp³-hybridized carbons (Fsp3) is 0.0833. The minimum Gasteiger partial charge on any atom is -0.343 e. The molecule has 0 aliphatic carbocycles. The topological polar surface area (TPSA) is 84.0 Å². The zero-order valence-corrected chi connectivity index (χ0v) is 19.2. The molecule has 11 heteroatoms. The molecule has 2 N–H and O–H groups in total. The number of halogens is 5. The van der Waals surface area contributed by atoms with E-state index < -0.39 is 24.5 Å². The Labute approximate surface area is 207 Å². The van der Waals surface area contributed by atoms with Gasteiger partial charge in [-0.1, -0.05) is 35.3 Å². The third-order valence-corrected chi connectivity index (χ3v) is 5.52. The molecule has 1 heterocycles. The lowest BCUT2D eigenvalue weighted by atomic mass is 10.1. The molecule has 35 heavy (non-hydrogen) atoms. The Morgan fingerprint density at radius 1 is 0.857 bits per heavy atom. The molecule has 2 amide bonds. The molecule has 4 aromatic rings. The Balaban J connectivity index is 1.53. The van der Waals surface area contributed by atoms with Gasteiger partial charge in [0.15, 0.2) is 0 Å². The van der Waals surface area contributed by atoms with Gasteiger partial charge >= 0.3 is 6.18 Å². The first-order valence-corrected chi connectivity index (χ1v) is 10.8. The molecule has 178 valence electrons. The van der Waals surface area contributed by atoms with Crippen LogP contribution in [0.4, 0.5) is 18.9 Å². The highest BCUT2D eigenvalue weighted by atomic mass is 35.5. The SMILES string of the molecule is O=C(NCC(F)(F)F)c1ccc(NC(=O)c2ccc(Cl)c(-c3cnc4ccccc4n3)c2)c(Cl)c1. The molecule has 0 saturated heterocycles. The van der Waals surface area contributed by atoms with Crippen molar-refractivity contribution >= 4 is 51.7 Å². The van der Waals surface area contributed by atoms with Gasteiger partial charge in [-0.3, -0.25) is 14.6 Å². The Hall–Kier alpha value is -3.69. The lowest BCUT2D eigenvalue weighted by Gasteiger charge is -2.12.